The number of carbonyl (C=O) groups excluding carboxylic acids is 1. The molecule has 1 aromatic heterocycles. The van der Waals surface area contributed by atoms with Crippen LogP contribution in [0.3, 0.4) is 0 Å². The zero-order valence-corrected chi connectivity index (χ0v) is 10.6. The van der Waals surface area contributed by atoms with Crippen molar-refractivity contribution in [3.05, 3.63) is 27.4 Å². The summed E-state index contributed by atoms with van der Waals surface area (Å²) in [5, 5.41) is 0. The molecule has 0 unspecified atom stereocenters. The van der Waals surface area contributed by atoms with Gasteiger partial charge in [-0.2, -0.15) is 0 Å². The van der Waals surface area contributed by atoms with Gasteiger partial charge in [0.05, 0.1) is 32.4 Å². The second-order valence-corrected chi connectivity index (χ2v) is 4.02. The third-order valence-corrected chi connectivity index (χ3v) is 3.00. The number of esters is 1. The van der Waals surface area contributed by atoms with Crippen LogP contribution in [0.25, 0.3) is 0 Å². The fourth-order valence-electron chi connectivity index (χ4n) is 2.07. The molecule has 0 saturated carbocycles. The summed E-state index contributed by atoms with van der Waals surface area (Å²) in [6, 6.07) is 0. The van der Waals surface area contributed by atoms with Gasteiger partial charge in [-0.15, -0.1) is 0 Å². The minimum absolute atomic E-state index is 0.137. The smallest absolute Gasteiger partial charge is 0.357 e. The highest BCUT2D eigenvalue weighted by Crippen LogP contribution is 2.09. The predicted octanol–water partition coefficient (Wildman–Crippen LogP) is 0.165. The van der Waals surface area contributed by atoms with Crippen LogP contribution < -0.4 is 5.56 Å². The summed E-state index contributed by atoms with van der Waals surface area (Å²) in [6.07, 6.45) is 0.987. The van der Waals surface area contributed by atoms with Crippen molar-refractivity contribution in [2.24, 2.45) is 0 Å². The SMILES string of the molecule is CCc1c(C(=O)OC)nc2n(c1=O)CCOCC2. The van der Waals surface area contributed by atoms with E-state index in [1.807, 2.05) is 6.92 Å². The minimum Gasteiger partial charge on any atom is -0.464 e. The van der Waals surface area contributed by atoms with E-state index in [2.05, 4.69) is 9.72 Å². The summed E-state index contributed by atoms with van der Waals surface area (Å²) >= 11 is 0. The van der Waals surface area contributed by atoms with E-state index in [1.54, 1.807) is 4.57 Å². The zero-order chi connectivity index (χ0) is 13.1. The summed E-state index contributed by atoms with van der Waals surface area (Å²) in [7, 11) is 1.29. The molecule has 2 rings (SSSR count). The van der Waals surface area contributed by atoms with Gasteiger partial charge in [0.1, 0.15) is 5.82 Å². The molecule has 98 valence electrons. The van der Waals surface area contributed by atoms with Crippen molar-refractivity contribution < 1.29 is 14.3 Å². The molecule has 0 spiro atoms. The van der Waals surface area contributed by atoms with Gasteiger partial charge in [0.15, 0.2) is 5.69 Å². The fourth-order valence-corrected chi connectivity index (χ4v) is 2.07. The van der Waals surface area contributed by atoms with Crippen LogP contribution in [-0.4, -0.2) is 35.8 Å². The van der Waals surface area contributed by atoms with Crippen LogP contribution in [0.2, 0.25) is 0 Å². The molecule has 0 radical (unpaired) electrons. The number of methoxy groups -OCH3 is 1. The Morgan fingerprint density at radius 1 is 1.50 bits per heavy atom. The highest BCUT2D eigenvalue weighted by Gasteiger charge is 2.21. The normalized spacial score (nSPS) is 14.8. The van der Waals surface area contributed by atoms with E-state index < -0.39 is 5.97 Å². The highest BCUT2D eigenvalue weighted by atomic mass is 16.5. The summed E-state index contributed by atoms with van der Waals surface area (Å²) in [6.45, 7) is 3.31. The van der Waals surface area contributed by atoms with Gasteiger partial charge in [-0.3, -0.25) is 9.36 Å². The lowest BCUT2D eigenvalue weighted by molar-refractivity contribution is 0.0591. The number of hydrogen-bond donors (Lipinski definition) is 0. The van der Waals surface area contributed by atoms with Gasteiger partial charge < -0.3 is 9.47 Å². The van der Waals surface area contributed by atoms with Gasteiger partial charge in [0.2, 0.25) is 0 Å². The van der Waals surface area contributed by atoms with E-state index in [4.69, 9.17) is 4.74 Å². The quantitative estimate of drug-likeness (QED) is 0.701. The number of nitrogens with zero attached hydrogens (tertiary/aromatic N) is 2. The summed E-state index contributed by atoms with van der Waals surface area (Å²) in [5.74, 6) is 0.0348. The largest absolute Gasteiger partial charge is 0.464 e. The highest BCUT2D eigenvalue weighted by molar-refractivity contribution is 5.88. The Bertz CT molecular complexity index is 522. The number of aromatic nitrogens is 2. The Morgan fingerprint density at radius 3 is 2.94 bits per heavy atom. The Morgan fingerprint density at radius 2 is 2.28 bits per heavy atom. The number of hydrogen-bond acceptors (Lipinski definition) is 5. The maximum Gasteiger partial charge on any atom is 0.357 e. The van der Waals surface area contributed by atoms with Crippen LogP contribution in [0, 0.1) is 0 Å². The molecular weight excluding hydrogens is 236 g/mol. The van der Waals surface area contributed by atoms with Crippen molar-refractivity contribution >= 4 is 5.97 Å². The summed E-state index contributed by atoms with van der Waals surface area (Å²) in [5.41, 5.74) is 0.388. The van der Waals surface area contributed by atoms with Gasteiger partial charge in [0, 0.05) is 6.42 Å². The molecule has 6 heteroatoms. The van der Waals surface area contributed by atoms with Gasteiger partial charge in [-0.1, -0.05) is 6.92 Å². The third kappa shape index (κ3) is 2.15. The van der Waals surface area contributed by atoms with Crippen LogP contribution in [0.5, 0.6) is 0 Å². The van der Waals surface area contributed by atoms with Crippen molar-refractivity contribution in [3.8, 4) is 0 Å². The van der Waals surface area contributed by atoms with Gasteiger partial charge >= 0.3 is 5.97 Å². The maximum atomic E-state index is 12.3. The fraction of sp³-hybridized carbons (Fsp3) is 0.583. The van der Waals surface area contributed by atoms with E-state index in [1.165, 1.54) is 7.11 Å². The maximum absolute atomic E-state index is 12.3. The van der Waals surface area contributed by atoms with E-state index in [0.29, 0.717) is 44.0 Å². The number of rotatable bonds is 2. The molecule has 0 bridgehead atoms. The molecule has 6 nitrogen and oxygen atoms in total. The number of carbonyl (C=O) groups is 1. The Balaban J connectivity index is 2.62. The van der Waals surface area contributed by atoms with Crippen LogP contribution in [0.15, 0.2) is 4.79 Å². The van der Waals surface area contributed by atoms with Crippen molar-refractivity contribution in [2.45, 2.75) is 26.3 Å². The molecule has 0 amide bonds. The van der Waals surface area contributed by atoms with Crippen molar-refractivity contribution in [2.75, 3.05) is 20.3 Å². The lowest BCUT2D eigenvalue weighted by atomic mass is 10.1. The molecule has 2 heterocycles. The molecule has 0 aromatic carbocycles. The molecule has 1 aliphatic rings. The first-order chi connectivity index (χ1) is 8.69. The van der Waals surface area contributed by atoms with E-state index >= 15 is 0 Å². The first-order valence-electron chi connectivity index (χ1n) is 5.97. The summed E-state index contributed by atoms with van der Waals surface area (Å²) in [4.78, 5) is 28.2. The van der Waals surface area contributed by atoms with E-state index in [0.717, 1.165) is 0 Å². The Labute approximate surface area is 105 Å². The summed E-state index contributed by atoms with van der Waals surface area (Å²) < 4.78 is 11.6. The van der Waals surface area contributed by atoms with Crippen molar-refractivity contribution in [1.82, 2.24) is 9.55 Å². The molecular formula is C12H16N2O4. The van der Waals surface area contributed by atoms with Crippen molar-refractivity contribution in [3.63, 3.8) is 0 Å². The molecule has 1 aromatic rings. The minimum atomic E-state index is -0.558. The second-order valence-electron chi connectivity index (χ2n) is 4.02. The molecule has 0 N–H and O–H groups in total. The lowest BCUT2D eigenvalue weighted by Gasteiger charge is -2.12. The average Bonchev–Trinajstić information content (AvgIpc) is 2.63. The van der Waals surface area contributed by atoms with E-state index in [-0.39, 0.29) is 11.3 Å². The molecule has 0 atom stereocenters. The number of fused-ring (bicyclic) bond motifs is 1. The first-order valence-corrected chi connectivity index (χ1v) is 5.97. The van der Waals surface area contributed by atoms with Crippen molar-refractivity contribution in [1.29, 1.82) is 0 Å². The van der Waals surface area contributed by atoms with Crippen LogP contribution in [0.4, 0.5) is 0 Å². The monoisotopic (exact) mass is 252 g/mol. The molecule has 18 heavy (non-hydrogen) atoms. The Hall–Kier alpha value is -1.69. The van der Waals surface area contributed by atoms with Gasteiger partial charge in [-0.05, 0) is 6.42 Å². The third-order valence-electron chi connectivity index (χ3n) is 3.00. The molecule has 1 aliphatic heterocycles. The van der Waals surface area contributed by atoms with Crippen LogP contribution in [0.1, 0.15) is 28.8 Å². The first kappa shape index (κ1) is 12.8. The average molecular weight is 252 g/mol. The van der Waals surface area contributed by atoms with Crippen LogP contribution in [-0.2, 0) is 28.9 Å². The second kappa shape index (κ2) is 5.30. The standard InChI is InChI=1S/C12H16N2O4/c1-3-8-10(12(16)17-2)13-9-4-6-18-7-5-14(9)11(8)15/h3-7H2,1-2H3. The number of ether oxygens (including phenoxy) is 2. The molecule has 0 aliphatic carbocycles. The zero-order valence-electron chi connectivity index (χ0n) is 10.6. The topological polar surface area (TPSA) is 70.4 Å². The van der Waals surface area contributed by atoms with E-state index in [9.17, 15) is 9.59 Å². The van der Waals surface area contributed by atoms with Gasteiger partial charge in [0.25, 0.3) is 5.56 Å². The van der Waals surface area contributed by atoms with Gasteiger partial charge in [-0.25, -0.2) is 9.78 Å². The van der Waals surface area contributed by atoms with Crippen LogP contribution >= 0.6 is 0 Å². The lowest BCUT2D eigenvalue weighted by Crippen LogP contribution is -2.31. The predicted molar refractivity (Wildman–Crippen MR) is 63.7 cm³/mol. The Kier molecular flexibility index (Phi) is 3.76. The molecule has 0 fully saturated rings. The molecule has 0 saturated heterocycles.